The van der Waals surface area contributed by atoms with E-state index in [1.165, 1.54) is 32.1 Å². The topological polar surface area (TPSA) is 94.6 Å². The number of amides is 2. The molecule has 1 aliphatic rings. The third-order valence-electron chi connectivity index (χ3n) is 4.18. The lowest BCUT2D eigenvalue weighted by molar-refractivity contribution is -0.122. The summed E-state index contributed by atoms with van der Waals surface area (Å²) in [5.74, 6) is 1.15. The highest BCUT2D eigenvalue weighted by molar-refractivity contribution is 5.85. The van der Waals surface area contributed by atoms with Crippen molar-refractivity contribution in [1.82, 2.24) is 21.3 Å². The SMILES string of the molecule is CCNC(=NCC(=O)NC(C)(C)C)NCCNC(=O)CC1CCCCC1. The molecule has 0 heterocycles. The number of rotatable bonds is 8. The minimum absolute atomic E-state index is 0.0701. The molecule has 0 spiro atoms. The third kappa shape index (κ3) is 10.9. The zero-order chi connectivity index (χ0) is 19.4. The number of guanidine groups is 1. The lowest BCUT2D eigenvalue weighted by Crippen LogP contribution is -2.44. The first-order valence-corrected chi connectivity index (χ1v) is 9.90. The van der Waals surface area contributed by atoms with Gasteiger partial charge in [-0.15, -0.1) is 0 Å². The Morgan fingerprint density at radius 1 is 0.962 bits per heavy atom. The van der Waals surface area contributed by atoms with Gasteiger partial charge in [-0.25, -0.2) is 4.99 Å². The average molecular weight is 368 g/mol. The molecule has 0 bridgehead atoms. The van der Waals surface area contributed by atoms with Crippen molar-refractivity contribution in [3.63, 3.8) is 0 Å². The molecule has 150 valence electrons. The monoisotopic (exact) mass is 367 g/mol. The molecule has 0 aromatic carbocycles. The highest BCUT2D eigenvalue weighted by atomic mass is 16.2. The van der Waals surface area contributed by atoms with E-state index in [9.17, 15) is 9.59 Å². The van der Waals surface area contributed by atoms with Crippen LogP contribution in [-0.4, -0.2) is 49.5 Å². The van der Waals surface area contributed by atoms with Crippen LogP contribution in [0.15, 0.2) is 4.99 Å². The van der Waals surface area contributed by atoms with E-state index in [4.69, 9.17) is 0 Å². The summed E-state index contributed by atoms with van der Waals surface area (Å²) >= 11 is 0. The van der Waals surface area contributed by atoms with Crippen molar-refractivity contribution in [1.29, 1.82) is 0 Å². The van der Waals surface area contributed by atoms with Gasteiger partial charge in [-0.1, -0.05) is 19.3 Å². The molecule has 1 fully saturated rings. The van der Waals surface area contributed by atoms with Gasteiger partial charge in [-0.3, -0.25) is 9.59 Å². The van der Waals surface area contributed by atoms with Gasteiger partial charge in [0, 0.05) is 31.6 Å². The quantitative estimate of drug-likeness (QED) is 0.297. The van der Waals surface area contributed by atoms with Gasteiger partial charge in [0.15, 0.2) is 5.96 Å². The molecule has 2 amide bonds. The van der Waals surface area contributed by atoms with Crippen LogP contribution in [0, 0.1) is 5.92 Å². The maximum atomic E-state index is 12.0. The molecular weight excluding hydrogens is 330 g/mol. The molecule has 1 aliphatic carbocycles. The van der Waals surface area contributed by atoms with E-state index in [0.29, 0.717) is 37.9 Å². The molecule has 7 nitrogen and oxygen atoms in total. The maximum Gasteiger partial charge on any atom is 0.242 e. The molecule has 0 aliphatic heterocycles. The standard InChI is InChI=1S/C19H37N5O2/c1-5-20-18(23-14-17(26)24-19(2,3)4)22-12-11-21-16(25)13-15-9-7-6-8-10-15/h15H,5-14H2,1-4H3,(H,21,25)(H,24,26)(H2,20,22,23). The van der Waals surface area contributed by atoms with E-state index in [-0.39, 0.29) is 23.9 Å². The second kappa shape index (κ2) is 11.8. The van der Waals surface area contributed by atoms with Gasteiger partial charge >= 0.3 is 0 Å². The smallest absolute Gasteiger partial charge is 0.242 e. The normalized spacial score (nSPS) is 16.1. The van der Waals surface area contributed by atoms with Crippen LogP contribution in [0.5, 0.6) is 0 Å². The molecule has 1 saturated carbocycles. The molecule has 1 rings (SSSR count). The Kier molecular flexibility index (Phi) is 10.1. The Labute approximate surface area is 158 Å². The number of hydrogen-bond donors (Lipinski definition) is 4. The second-order valence-electron chi connectivity index (χ2n) is 7.98. The summed E-state index contributed by atoms with van der Waals surface area (Å²) in [6, 6.07) is 0. The fourth-order valence-electron chi connectivity index (χ4n) is 3.06. The Hall–Kier alpha value is -1.79. The van der Waals surface area contributed by atoms with Crippen LogP contribution in [0.3, 0.4) is 0 Å². The molecule has 0 radical (unpaired) electrons. The number of hydrogen-bond acceptors (Lipinski definition) is 3. The lowest BCUT2D eigenvalue weighted by atomic mass is 9.87. The third-order valence-corrected chi connectivity index (χ3v) is 4.18. The number of carbonyl (C=O) groups is 2. The van der Waals surface area contributed by atoms with Crippen LogP contribution < -0.4 is 21.3 Å². The Bertz CT molecular complexity index is 465. The first-order valence-electron chi connectivity index (χ1n) is 9.90. The molecule has 7 heteroatoms. The van der Waals surface area contributed by atoms with Crippen LogP contribution in [0.2, 0.25) is 0 Å². The van der Waals surface area contributed by atoms with Gasteiger partial charge in [0.25, 0.3) is 0 Å². The number of nitrogens with one attached hydrogen (secondary N) is 4. The first-order chi connectivity index (χ1) is 12.3. The van der Waals surface area contributed by atoms with E-state index in [1.54, 1.807) is 0 Å². The summed E-state index contributed by atoms with van der Waals surface area (Å²) in [6.45, 7) is 9.68. The Morgan fingerprint density at radius 2 is 1.62 bits per heavy atom. The largest absolute Gasteiger partial charge is 0.357 e. The van der Waals surface area contributed by atoms with Crippen LogP contribution in [0.1, 0.15) is 66.2 Å². The molecule has 0 unspecified atom stereocenters. The predicted molar refractivity (Wildman–Crippen MR) is 106 cm³/mol. The molecule has 0 saturated heterocycles. The van der Waals surface area contributed by atoms with Crippen molar-refractivity contribution < 1.29 is 9.59 Å². The van der Waals surface area contributed by atoms with Crippen molar-refractivity contribution in [3.8, 4) is 0 Å². The van der Waals surface area contributed by atoms with Gasteiger partial charge in [0.05, 0.1) is 0 Å². The summed E-state index contributed by atoms with van der Waals surface area (Å²) in [5, 5.41) is 12.1. The van der Waals surface area contributed by atoms with E-state index in [1.807, 2.05) is 27.7 Å². The zero-order valence-corrected chi connectivity index (χ0v) is 16.9. The average Bonchev–Trinajstić information content (AvgIpc) is 2.55. The van der Waals surface area contributed by atoms with Gasteiger partial charge in [0.2, 0.25) is 11.8 Å². The number of carbonyl (C=O) groups excluding carboxylic acids is 2. The van der Waals surface area contributed by atoms with Crippen LogP contribution >= 0.6 is 0 Å². The van der Waals surface area contributed by atoms with Gasteiger partial charge in [-0.05, 0) is 46.5 Å². The Balaban J connectivity index is 2.26. The van der Waals surface area contributed by atoms with Crippen molar-refractivity contribution in [3.05, 3.63) is 0 Å². The summed E-state index contributed by atoms with van der Waals surface area (Å²) in [6.07, 6.45) is 6.82. The fourth-order valence-corrected chi connectivity index (χ4v) is 3.06. The van der Waals surface area contributed by atoms with E-state index in [0.717, 1.165) is 0 Å². The zero-order valence-electron chi connectivity index (χ0n) is 16.9. The first kappa shape index (κ1) is 22.3. The second-order valence-corrected chi connectivity index (χ2v) is 7.98. The molecular formula is C19H37N5O2. The van der Waals surface area contributed by atoms with Crippen molar-refractivity contribution in [2.24, 2.45) is 10.9 Å². The van der Waals surface area contributed by atoms with Crippen molar-refractivity contribution in [2.75, 3.05) is 26.2 Å². The summed E-state index contributed by atoms with van der Waals surface area (Å²) in [5.41, 5.74) is -0.263. The predicted octanol–water partition coefficient (Wildman–Crippen LogP) is 1.54. The highest BCUT2D eigenvalue weighted by Crippen LogP contribution is 2.25. The fraction of sp³-hybridized carbons (Fsp3) is 0.842. The van der Waals surface area contributed by atoms with E-state index in [2.05, 4.69) is 26.3 Å². The van der Waals surface area contributed by atoms with E-state index < -0.39 is 0 Å². The van der Waals surface area contributed by atoms with Crippen LogP contribution in [0.4, 0.5) is 0 Å². The molecule has 0 aromatic rings. The molecule has 26 heavy (non-hydrogen) atoms. The number of aliphatic imine (C=N–C) groups is 1. The minimum Gasteiger partial charge on any atom is -0.357 e. The van der Waals surface area contributed by atoms with Gasteiger partial charge < -0.3 is 21.3 Å². The van der Waals surface area contributed by atoms with Crippen molar-refractivity contribution >= 4 is 17.8 Å². The van der Waals surface area contributed by atoms with Crippen LogP contribution in [-0.2, 0) is 9.59 Å². The number of nitrogens with zero attached hydrogens (tertiary/aromatic N) is 1. The summed E-state index contributed by atoms with van der Waals surface area (Å²) in [7, 11) is 0. The maximum absolute atomic E-state index is 12.0. The molecule has 0 aromatic heterocycles. The summed E-state index contributed by atoms with van der Waals surface area (Å²) < 4.78 is 0. The van der Waals surface area contributed by atoms with Crippen molar-refractivity contribution in [2.45, 2.75) is 71.8 Å². The van der Waals surface area contributed by atoms with Gasteiger partial charge in [0.1, 0.15) is 6.54 Å². The van der Waals surface area contributed by atoms with Gasteiger partial charge in [-0.2, -0.15) is 0 Å². The highest BCUT2D eigenvalue weighted by Gasteiger charge is 2.16. The molecule has 0 atom stereocenters. The molecule has 4 N–H and O–H groups in total. The summed E-state index contributed by atoms with van der Waals surface area (Å²) in [4.78, 5) is 28.1. The minimum atomic E-state index is -0.263. The van der Waals surface area contributed by atoms with E-state index >= 15 is 0 Å². The Morgan fingerprint density at radius 3 is 2.23 bits per heavy atom. The van der Waals surface area contributed by atoms with Crippen LogP contribution in [0.25, 0.3) is 0 Å². The lowest BCUT2D eigenvalue weighted by Gasteiger charge is -2.21.